The first-order valence-electron chi connectivity index (χ1n) is 20.9. The molecule has 0 aromatic heterocycles. The molecule has 3 aromatic rings. The molecule has 1 unspecified atom stereocenters. The first-order valence-corrected chi connectivity index (χ1v) is 22.7. The number of benzene rings is 3. The van der Waals surface area contributed by atoms with Gasteiger partial charge in [-0.2, -0.15) is 0 Å². The number of hydrogen-bond donors (Lipinski definition) is 1. The van der Waals surface area contributed by atoms with Crippen molar-refractivity contribution in [2.75, 3.05) is 6.61 Å². The Labute approximate surface area is 329 Å². The van der Waals surface area contributed by atoms with E-state index in [2.05, 4.69) is 57.2 Å². The summed E-state index contributed by atoms with van der Waals surface area (Å²) in [6.07, 6.45) is 29.2. The fraction of sp³-hybridized carbons (Fsp3) is 0.600. The lowest BCUT2D eigenvalue weighted by Gasteiger charge is -2.12. The Hall–Kier alpha value is -2.28. The molecule has 0 radical (unpaired) electrons. The summed E-state index contributed by atoms with van der Waals surface area (Å²) in [5.74, 6) is 2.41. The molecule has 0 saturated heterocycles. The topological polar surface area (TPSA) is 66.4 Å². The minimum atomic E-state index is -1.96. The van der Waals surface area contributed by atoms with Gasteiger partial charge in [-0.15, -0.1) is 4.67 Å². The third kappa shape index (κ3) is 25.4. The molecule has 0 amide bonds. The van der Waals surface area contributed by atoms with Gasteiger partial charge in [-0.1, -0.05) is 191 Å². The SMILES string of the molecule is CCCCCCCCCOP(O)OOc1ccccc1.CCCCCCCCCc1ccccc1OSOc1ccccc1CCCCCCCCC. The van der Waals surface area contributed by atoms with Gasteiger partial charge in [0.05, 0.1) is 6.61 Å². The molecule has 3 rings (SSSR count). The maximum absolute atomic E-state index is 9.48. The molecule has 8 heteroatoms. The number of rotatable bonds is 32. The van der Waals surface area contributed by atoms with Gasteiger partial charge in [0.1, 0.15) is 11.5 Å². The predicted molar refractivity (Wildman–Crippen MR) is 226 cm³/mol. The summed E-state index contributed by atoms with van der Waals surface area (Å²) in [6, 6.07) is 25.8. The van der Waals surface area contributed by atoms with Crippen molar-refractivity contribution in [3.8, 4) is 17.2 Å². The van der Waals surface area contributed by atoms with E-state index in [9.17, 15) is 4.89 Å². The van der Waals surface area contributed by atoms with Crippen molar-refractivity contribution in [2.45, 2.75) is 168 Å². The Morgan fingerprint density at radius 2 is 0.868 bits per heavy atom. The van der Waals surface area contributed by atoms with Crippen molar-refractivity contribution in [1.82, 2.24) is 0 Å². The molecular formula is C45H71O6PS. The van der Waals surface area contributed by atoms with Gasteiger partial charge in [-0.05, 0) is 67.5 Å². The zero-order chi connectivity index (χ0) is 37.9. The third-order valence-electron chi connectivity index (χ3n) is 9.18. The largest absolute Gasteiger partial charge is 0.391 e. The zero-order valence-corrected chi connectivity index (χ0v) is 35.0. The van der Waals surface area contributed by atoms with E-state index in [0.29, 0.717) is 12.4 Å². The maximum atomic E-state index is 9.48. The Kier molecular flexibility index (Phi) is 30.3. The van der Waals surface area contributed by atoms with E-state index in [0.717, 1.165) is 49.5 Å². The first-order chi connectivity index (χ1) is 26.2. The van der Waals surface area contributed by atoms with E-state index in [4.69, 9.17) is 22.5 Å². The van der Waals surface area contributed by atoms with Gasteiger partial charge in [0.25, 0.3) is 12.3 Å². The third-order valence-corrected chi connectivity index (χ3v) is 10.3. The fourth-order valence-electron chi connectivity index (χ4n) is 5.99. The minimum absolute atomic E-state index is 0.508. The van der Waals surface area contributed by atoms with Crippen LogP contribution in [0.5, 0.6) is 17.2 Å². The standard InChI is InChI=1S/C30H46O2S.C15H25O4P/c1-3-5-7-9-11-13-15-21-27-23-17-19-25-29(27)31-33-32-30-26-20-18-24-28(30)22-16-14-12-10-8-6-4-2;1-2-3-4-5-6-7-11-14-17-20(16)19-18-15-12-9-8-10-13-15/h17-20,23-26H,3-16,21-22H2,1-2H3;8-10,12-13,16H,2-7,11,14H2,1H3. The monoisotopic (exact) mass is 770 g/mol. The average molecular weight is 771 g/mol. The van der Waals surface area contributed by atoms with Crippen LogP contribution >= 0.6 is 20.9 Å². The molecular weight excluding hydrogens is 700 g/mol. The van der Waals surface area contributed by atoms with Crippen molar-refractivity contribution in [3.05, 3.63) is 90.0 Å². The van der Waals surface area contributed by atoms with E-state index in [-0.39, 0.29) is 0 Å². The Bertz CT molecular complexity index is 1170. The molecule has 1 N–H and O–H groups in total. The molecule has 0 spiro atoms. The summed E-state index contributed by atoms with van der Waals surface area (Å²) in [5.41, 5.74) is 2.55. The van der Waals surface area contributed by atoms with Gasteiger partial charge in [-0.25, -0.2) is 0 Å². The second-order valence-electron chi connectivity index (χ2n) is 13.9. The number of para-hydroxylation sites is 3. The highest BCUT2D eigenvalue weighted by atomic mass is 32.2. The first kappa shape index (κ1) is 46.9. The molecule has 3 aromatic carbocycles. The molecule has 53 heavy (non-hydrogen) atoms. The van der Waals surface area contributed by atoms with Crippen LogP contribution in [0.1, 0.15) is 167 Å². The summed E-state index contributed by atoms with van der Waals surface area (Å²) >= 11 is 1.09. The van der Waals surface area contributed by atoms with Crippen LogP contribution in [-0.4, -0.2) is 11.5 Å². The van der Waals surface area contributed by atoms with Crippen LogP contribution in [0, 0.1) is 0 Å². The van der Waals surface area contributed by atoms with Crippen molar-refractivity contribution in [3.63, 3.8) is 0 Å². The van der Waals surface area contributed by atoms with Crippen molar-refractivity contribution >= 4 is 20.9 Å². The summed E-state index contributed by atoms with van der Waals surface area (Å²) in [6.45, 7) is 7.27. The Balaban J connectivity index is 0.000000415. The quantitative estimate of drug-likeness (QED) is 0.0223. The Morgan fingerprint density at radius 3 is 1.34 bits per heavy atom. The molecule has 0 fully saturated rings. The summed E-state index contributed by atoms with van der Waals surface area (Å²) in [7, 11) is -1.96. The molecule has 0 heterocycles. The average Bonchev–Trinajstić information content (AvgIpc) is 3.19. The second-order valence-corrected chi connectivity index (χ2v) is 15.2. The van der Waals surface area contributed by atoms with E-state index in [1.165, 1.54) is 133 Å². The van der Waals surface area contributed by atoms with Crippen molar-refractivity contribution in [2.24, 2.45) is 0 Å². The van der Waals surface area contributed by atoms with Crippen molar-refractivity contribution in [1.29, 1.82) is 0 Å². The fourth-order valence-corrected chi connectivity index (χ4v) is 6.98. The van der Waals surface area contributed by atoms with Crippen LogP contribution in [0.25, 0.3) is 0 Å². The molecule has 0 aliphatic carbocycles. The van der Waals surface area contributed by atoms with Crippen LogP contribution in [0.3, 0.4) is 0 Å². The van der Waals surface area contributed by atoms with Crippen LogP contribution in [0.15, 0.2) is 78.9 Å². The van der Waals surface area contributed by atoms with Crippen LogP contribution in [0.2, 0.25) is 0 Å². The lowest BCUT2D eigenvalue weighted by Crippen LogP contribution is -1.96. The van der Waals surface area contributed by atoms with Gasteiger partial charge in [0, 0.05) is 0 Å². The van der Waals surface area contributed by atoms with Gasteiger partial charge in [0.2, 0.25) is 0 Å². The maximum Gasteiger partial charge on any atom is 0.373 e. The van der Waals surface area contributed by atoms with Crippen molar-refractivity contribution < 1.29 is 27.3 Å². The van der Waals surface area contributed by atoms with Gasteiger partial charge < -0.3 is 22.7 Å². The van der Waals surface area contributed by atoms with E-state index in [1.807, 2.05) is 30.3 Å². The molecule has 0 aliphatic rings. The summed E-state index contributed by atoms with van der Waals surface area (Å²) in [4.78, 5) is 14.4. The molecule has 0 saturated carbocycles. The van der Waals surface area contributed by atoms with Gasteiger partial charge in [-0.3, -0.25) is 0 Å². The van der Waals surface area contributed by atoms with Gasteiger partial charge >= 0.3 is 8.60 Å². The number of aryl methyl sites for hydroxylation is 2. The lowest BCUT2D eigenvalue weighted by molar-refractivity contribution is -0.113. The summed E-state index contributed by atoms with van der Waals surface area (Å²) in [5, 5.41) is 0. The minimum Gasteiger partial charge on any atom is -0.391 e. The van der Waals surface area contributed by atoms with Crippen LogP contribution < -0.4 is 13.3 Å². The molecule has 6 nitrogen and oxygen atoms in total. The van der Waals surface area contributed by atoms with E-state index < -0.39 is 8.60 Å². The molecule has 0 aliphatic heterocycles. The van der Waals surface area contributed by atoms with E-state index in [1.54, 1.807) is 12.1 Å². The molecule has 0 bridgehead atoms. The van der Waals surface area contributed by atoms with E-state index >= 15 is 0 Å². The second kappa shape index (κ2) is 34.2. The highest BCUT2D eigenvalue weighted by Crippen LogP contribution is 2.34. The molecule has 1 atom stereocenters. The van der Waals surface area contributed by atoms with Crippen LogP contribution in [-0.2, 0) is 22.0 Å². The number of unbranched alkanes of at least 4 members (excludes halogenated alkanes) is 18. The zero-order valence-electron chi connectivity index (χ0n) is 33.3. The van der Waals surface area contributed by atoms with Gasteiger partial charge in [0.15, 0.2) is 5.75 Å². The number of hydrogen-bond acceptors (Lipinski definition) is 7. The normalized spacial score (nSPS) is 11.5. The molecule has 298 valence electrons. The lowest BCUT2D eigenvalue weighted by atomic mass is 10.0. The summed E-state index contributed by atoms with van der Waals surface area (Å²) < 4.78 is 21.9. The smallest absolute Gasteiger partial charge is 0.373 e. The Morgan fingerprint density at radius 1 is 0.472 bits per heavy atom. The predicted octanol–water partition coefficient (Wildman–Crippen LogP) is 15.3. The van der Waals surface area contributed by atoms with Crippen LogP contribution in [0.4, 0.5) is 0 Å². The highest BCUT2D eigenvalue weighted by Gasteiger charge is 2.10. The highest BCUT2D eigenvalue weighted by molar-refractivity contribution is 7.90.